The van der Waals surface area contributed by atoms with Crippen LogP contribution in [0.1, 0.15) is 12.6 Å². The van der Waals surface area contributed by atoms with E-state index in [4.69, 9.17) is 4.98 Å². The molecule has 26 heavy (non-hydrogen) atoms. The molecule has 0 aliphatic carbocycles. The van der Waals surface area contributed by atoms with Gasteiger partial charge in [-0.3, -0.25) is 4.98 Å². The Morgan fingerprint density at radius 1 is 1.04 bits per heavy atom. The number of thiazole rings is 1. The highest BCUT2D eigenvalue weighted by Gasteiger charge is 2.14. The van der Waals surface area contributed by atoms with Crippen LogP contribution in [0.3, 0.4) is 0 Å². The van der Waals surface area contributed by atoms with E-state index in [1.165, 1.54) is 0 Å². The van der Waals surface area contributed by atoms with Crippen molar-refractivity contribution in [3.05, 3.63) is 65.9 Å². The molecule has 0 unspecified atom stereocenters. The number of hydrogen-bond acceptors (Lipinski definition) is 6. The van der Waals surface area contributed by atoms with E-state index in [9.17, 15) is 0 Å². The molecule has 0 saturated carbocycles. The predicted molar refractivity (Wildman–Crippen MR) is 106 cm³/mol. The first-order chi connectivity index (χ1) is 12.8. The Labute approximate surface area is 160 Å². The Kier molecular flexibility index (Phi) is 5.08. The van der Waals surface area contributed by atoms with Crippen LogP contribution in [0.15, 0.2) is 65.4 Å². The summed E-state index contributed by atoms with van der Waals surface area (Å²) in [5.74, 6) is 1.63. The molecule has 0 N–H and O–H groups in total. The van der Waals surface area contributed by atoms with Crippen molar-refractivity contribution >= 4 is 23.1 Å². The third-order valence-electron chi connectivity index (χ3n) is 3.87. The molecule has 3 heterocycles. The second-order valence-corrected chi connectivity index (χ2v) is 7.39. The summed E-state index contributed by atoms with van der Waals surface area (Å²) in [6, 6.07) is 14.2. The van der Waals surface area contributed by atoms with Gasteiger partial charge in [-0.1, -0.05) is 42.1 Å². The topological polar surface area (TPSA) is 56.5 Å². The zero-order valence-electron chi connectivity index (χ0n) is 14.2. The number of hydrogen-bond donors (Lipinski definition) is 0. The predicted octanol–water partition coefficient (Wildman–Crippen LogP) is 4.78. The van der Waals surface area contributed by atoms with E-state index in [2.05, 4.69) is 44.2 Å². The van der Waals surface area contributed by atoms with Crippen LogP contribution < -0.4 is 0 Å². The molecule has 0 spiro atoms. The molecule has 4 rings (SSSR count). The molecule has 0 saturated heterocycles. The average molecular weight is 380 g/mol. The van der Waals surface area contributed by atoms with Crippen LogP contribution in [-0.4, -0.2) is 24.7 Å². The molecular weight excluding hydrogens is 362 g/mol. The van der Waals surface area contributed by atoms with Gasteiger partial charge in [0.1, 0.15) is 5.01 Å². The molecule has 0 aliphatic rings. The van der Waals surface area contributed by atoms with Gasteiger partial charge in [-0.15, -0.1) is 21.5 Å². The molecule has 130 valence electrons. The van der Waals surface area contributed by atoms with Gasteiger partial charge < -0.3 is 4.57 Å². The molecule has 4 aromatic rings. The van der Waals surface area contributed by atoms with Crippen LogP contribution >= 0.6 is 23.1 Å². The Morgan fingerprint density at radius 3 is 2.65 bits per heavy atom. The highest BCUT2D eigenvalue weighted by atomic mass is 32.2. The lowest BCUT2D eigenvalue weighted by molar-refractivity contribution is 0.687. The van der Waals surface area contributed by atoms with Crippen molar-refractivity contribution in [3.63, 3.8) is 0 Å². The molecule has 0 aliphatic heterocycles. The molecule has 0 atom stereocenters. The van der Waals surface area contributed by atoms with E-state index in [1.54, 1.807) is 29.3 Å². The van der Waals surface area contributed by atoms with Gasteiger partial charge in [0, 0.05) is 41.2 Å². The smallest absolute Gasteiger partial charge is 0.191 e. The zero-order chi connectivity index (χ0) is 17.8. The highest BCUT2D eigenvalue weighted by Crippen LogP contribution is 2.29. The molecule has 1 aromatic carbocycles. The van der Waals surface area contributed by atoms with Crippen LogP contribution in [0.5, 0.6) is 0 Å². The van der Waals surface area contributed by atoms with Crippen molar-refractivity contribution in [1.29, 1.82) is 0 Å². The van der Waals surface area contributed by atoms with Crippen molar-refractivity contribution in [2.24, 2.45) is 0 Å². The maximum atomic E-state index is 4.75. The summed E-state index contributed by atoms with van der Waals surface area (Å²) < 4.78 is 2.12. The van der Waals surface area contributed by atoms with Crippen LogP contribution in [0.2, 0.25) is 0 Å². The van der Waals surface area contributed by atoms with Gasteiger partial charge in [-0.05, 0) is 19.1 Å². The number of aromatic nitrogens is 5. The Hall–Kier alpha value is -2.51. The van der Waals surface area contributed by atoms with Gasteiger partial charge in [0.2, 0.25) is 0 Å². The Bertz CT molecular complexity index is 980. The first kappa shape index (κ1) is 16.9. The van der Waals surface area contributed by atoms with Gasteiger partial charge in [0.05, 0.1) is 5.69 Å². The van der Waals surface area contributed by atoms with E-state index in [1.807, 2.05) is 36.5 Å². The molecule has 5 nitrogen and oxygen atoms in total. The molecular formula is C19H17N5S2. The van der Waals surface area contributed by atoms with E-state index < -0.39 is 0 Å². The molecule has 7 heteroatoms. The number of benzene rings is 1. The summed E-state index contributed by atoms with van der Waals surface area (Å²) >= 11 is 3.34. The largest absolute Gasteiger partial charge is 0.302 e. The third-order valence-corrected chi connectivity index (χ3v) is 5.81. The minimum atomic E-state index is 0.772. The van der Waals surface area contributed by atoms with E-state index in [-0.39, 0.29) is 0 Å². The van der Waals surface area contributed by atoms with E-state index in [0.29, 0.717) is 0 Å². The molecule has 0 amide bonds. The quantitative estimate of drug-likeness (QED) is 0.451. The fourth-order valence-electron chi connectivity index (χ4n) is 2.61. The van der Waals surface area contributed by atoms with Crippen molar-refractivity contribution in [2.75, 3.05) is 0 Å². The summed E-state index contributed by atoms with van der Waals surface area (Å²) in [5.41, 5.74) is 3.20. The van der Waals surface area contributed by atoms with Gasteiger partial charge in [0.15, 0.2) is 11.0 Å². The number of thioether (sulfide) groups is 1. The van der Waals surface area contributed by atoms with Crippen LogP contribution in [-0.2, 0) is 12.3 Å². The average Bonchev–Trinajstić information content (AvgIpc) is 3.34. The first-order valence-corrected chi connectivity index (χ1v) is 10.2. The fourth-order valence-corrected chi connectivity index (χ4v) is 4.44. The number of rotatable bonds is 6. The van der Waals surface area contributed by atoms with Gasteiger partial charge in [-0.25, -0.2) is 4.98 Å². The van der Waals surface area contributed by atoms with Crippen LogP contribution in [0, 0.1) is 0 Å². The lowest BCUT2D eigenvalue weighted by Crippen LogP contribution is -2.00. The second kappa shape index (κ2) is 7.80. The third kappa shape index (κ3) is 3.54. The summed E-state index contributed by atoms with van der Waals surface area (Å²) in [5, 5.41) is 12.8. The molecule has 0 fully saturated rings. The summed E-state index contributed by atoms with van der Waals surface area (Å²) in [6.45, 7) is 2.91. The lowest BCUT2D eigenvalue weighted by atomic mass is 10.2. The van der Waals surface area contributed by atoms with Gasteiger partial charge in [0.25, 0.3) is 0 Å². The Balaban J connectivity index is 1.50. The maximum Gasteiger partial charge on any atom is 0.191 e. The minimum absolute atomic E-state index is 0.772. The summed E-state index contributed by atoms with van der Waals surface area (Å²) in [6.07, 6.45) is 3.58. The van der Waals surface area contributed by atoms with Crippen LogP contribution in [0.4, 0.5) is 0 Å². The summed E-state index contributed by atoms with van der Waals surface area (Å²) in [4.78, 5) is 8.92. The zero-order valence-corrected chi connectivity index (χ0v) is 15.9. The van der Waals surface area contributed by atoms with Crippen molar-refractivity contribution in [3.8, 4) is 22.0 Å². The monoisotopic (exact) mass is 379 g/mol. The number of pyridine rings is 1. The maximum absolute atomic E-state index is 4.75. The normalized spacial score (nSPS) is 11.0. The first-order valence-electron chi connectivity index (χ1n) is 8.31. The molecule has 3 aromatic heterocycles. The van der Waals surface area contributed by atoms with Crippen molar-refractivity contribution < 1.29 is 0 Å². The lowest BCUT2D eigenvalue weighted by Gasteiger charge is -2.06. The minimum Gasteiger partial charge on any atom is -0.302 e. The fraction of sp³-hybridized carbons (Fsp3) is 0.158. The van der Waals surface area contributed by atoms with Crippen molar-refractivity contribution in [1.82, 2.24) is 24.7 Å². The highest BCUT2D eigenvalue weighted by molar-refractivity contribution is 7.98. The van der Waals surface area contributed by atoms with Gasteiger partial charge >= 0.3 is 0 Å². The summed E-state index contributed by atoms with van der Waals surface area (Å²) in [7, 11) is 0. The Morgan fingerprint density at radius 2 is 1.88 bits per heavy atom. The SMILES string of the molecule is CCn1c(SCc2csc(-c3ccccc3)n2)nnc1-c1cccnc1. The molecule has 0 radical (unpaired) electrons. The van der Waals surface area contributed by atoms with E-state index in [0.717, 1.165) is 45.1 Å². The van der Waals surface area contributed by atoms with Crippen molar-refractivity contribution in [2.45, 2.75) is 24.4 Å². The van der Waals surface area contributed by atoms with E-state index >= 15 is 0 Å². The molecule has 0 bridgehead atoms. The van der Waals surface area contributed by atoms with Gasteiger partial charge in [-0.2, -0.15) is 0 Å². The van der Waals surface area contributed by atoms with Crippen LogP contribution in [0.25, 0.3) is 22.0 Å². The standard InChI is InChI=1S/C19H17N5S2/c1-2-24-17(15-9-6-10-20-11-15)22-23-19(24)26-13-16-12-25-18(21-16)14-7-4-3-5-8-14/h3-12H,2,13H2,1H3. The second-order valence-electron chi connectivity index (χ2n) is 5.59. The number of nitrogens with zero attached hydrogens (tertiary/aromatic N) is 5.